The number of aliphatic hydroxyl groups is 1. The number of carbonyl (C=O) groups is 1. The molecule has 0 unspecified atom stereocenters. The molecule has 0 atom stereocenters. The second-order valence-corrected chi connectivity index (χ2v) is 7.12. The molecule has 0 fully saturated rings. The van der Waals surface area contributed by atoms with Crippen molar-refractivity contribution in [2.45, 2.75) is 110 Å². The minimum atomic E-state index is -0.829. The third-order valence-corrected chi connectivity index (χ3v) is 4.61. The van der Waals surface area contributed by atoms with Gasteiger partial charge in [0.25, 0.3) is 0 Å². The smallest absolute Gasteiger partial charge is 0.314 e. The quantitative estimate of drug-likeness (QED) is 0.207. The maximum Gasteiger partial charge on any atom is 0.314 e. The molecule has 0 aromatic carbocycles. The maximum atomic E-state index is 9.32. The Hall–Kier alpha value is -0.0900. The van der Waals surface area contributed by atoms with Crippen molar-refractivity contribution in [3.8, 4) is 0 Å². The van der Waals surface area contributed by atoms with Crippen molar-refractivity contribution in [1.82, 2.24) is 0 Å². The lowest BCUT2D eigenvalue weighted by Crippen LogP contribution is -1.92. The average molecular weight is 409 g/mol. The van der Waals surface area contributed by atoms with Crippen LogP contribution in [0.2, 0.25) is 0 Å². The Morgan fingerprint density at radius 1 is 0.667 bits per heavy atom. The lowest BCUT2D eigenvalue weighted by molar-refractivity contribution is -0.133. The lowest BCUT2D eigenvalue weighted by atomic mass is 10.0. The number of halogens is 1. The Labute approximate surface area is 158 Å². The largest absolute Gasteiger partial charge is 0.481 e. The molecule has 24 heavy (non-hydrogen) atoms. The fourth-order valence-corrected chi connectivity index (χ4v) is 2.66. The van der Waals surface area contributed by atoms with Gasteiger partial charge in [0.05, 0.1) is 0 Å². The molecule has 0 aromatic heterocycles. The van der Waals surface area contributed by atoms with E-state index in [1.165, 1.54) is 96.3 Å². The standard InChI is InChI=1S/C18H38O.C2H3BrO2/c1-2-3-4-5-6-7-8-9-10-11-12-13-14-15-16-17-18-19;3-1-2(4)5/h19H,2-18H2,1H3;1H2,(H,4,5). The minimum absolute atomic E-state index is 0.0347. The summed E-state index contributed by atoms with van der Waals surface area (Å²) in [7, 11) is 0. The van der Waals surface area contributed by atoms with E-state index in [-0.39, 0.29) is 5.33 Å². The highest BCUT2D eigenvalue weighted by atomic mass is 79.9. The van der Waals surface area contributed by atoms with E-state index >= 15 is 0 Å². The molecule has 0 saturated heterocycles. The van der Waals surface area contributed by atoms with Crippen LogP contribution in [0, 0.1) is 0 Å². The monoisotopic (exact) mass is 408 g/mol. The average Bonchev–Trinajstić information content (AvgIpc) is 2.59. The van der Waals surface area contributed by atoms with Crippen LogP contribution >= 0.6 is 15.9 Å². The second-order valence-electron chi connectivity index (χ2n) is 6.55. The number of carboxylic acid groups (broad SMARTS) is 1. The molecule has 0 aliphatic carbocycles. The summed E-state index contributed by atoms with van der Waals surface area (Å²) < 4.78 is 0. The van der Waals surface area contributed by atoms with E-state index in [0.29, 0.717) is 6.61 Å². The Morgan fingerprint density at radius 3 is 1.12 bits per heavy atom. The molecule has 2 N–H and O–H groups in total. The first-order chi connectivity index (χ1) is 11.7. The highest BCUT2D eigenvalue weighted by Gasteiger charge is 1.94. The fourth-order valence-electron chi connectivity index (χ4n) is 2.66. The van der Waals surface area contributed by atoms with Crippen LogP contribution in [-0.4, -0.2) is 28.1 Å². The highest BCUT2D eigenvalue weighted by Crippen LogP contribution is 2.13. The Bertz CT molecular complexity index is 219. The summed E-state index contributed by atoms with van der Waals surface area (Å²) in [5.41, 5.74) is 0. The van der Waals surface area contributed by atoms with Gasteiger partial charge < -0.3 is 10.2 Å². The first-order valence-electron chi connectivity index (χ1n) is 10.1. The van der Waals surface area contributed by atoms with Crippen molar-refractivity contribution in [1.29, 1.82) is 0 Å². The predicted octanol–water partition coefficient (Wildman–Crippen LogP) is 6.71. The summed E-state index contributed by atoms with van der Waals surface area (Å²) in [6.07, 6.45) is 22.2. The van der Waals surface area contributed by atoms with E-state index < -0.39 is 5.97 Å². The van der Waals surface area contributed by atoms with E-state index in [0.717, 1.165) is 6.42 Å². The first kappa shape index (κ1) is 26.1. The molecule has 4 heteroatoms. The van der Waals surface area contributed by atoms with Gasteiger partial charge in [-0.1, -0.05) is 119 Å². The maximum absolute atomic E-state index is 9.32. The van der Waals surface area contributed by atoms with Crippen LogP contribution in [0.15, 0.2) is 0 Å². The number of hydrogen-bond donors (Lipinski definition) is 2. The molecule has 0 heterocycles. The van der Waals surface area contributed by atoms with Crippen molar-refractivity contribution in [2.24, 2.45) is 0 Å². The summed E-state index contributed by atoms with van der Waals surface area (Å²) >= 11 is 2.71. The Kier molecular flexibility index (Phi) is 27.4. The van der Waals surface area contributed by atoms with Crippen LogP contribution in [-0.2, 0) is 4.79 Å². The number of aliphatic hydroxyl groups excluding tert-OH is 1. The highest BCUT2D eigenvalue weighted by molar-refractivity contribution is 9.09. The molecule has 0 radical (unpaired) electrons. The fraction of sp³-hybridized carbons (Fsp3) is 0.950. The van der Waals surface area contributed by atoms with Crippen molar-refractivity contribution in [3.05, 3.63) is 0 Å². The van der Waals surface area contributed by atoms with E-state index in [1.54, 1.807) is 0 Å². The summed E-state index contributed by atoms with van der Waals surface area (Å²) in [5.74, 6) is -0.829. The molecule has 0 rings (SSSR count). The number of unbranched alkanes of at least 4 members (excludes halogenated alkanes) is 15. The molecule has 0 aliphatic heterocycles. The molecule has 0 bridgehead atoms. The van der Waals surface area contributed by atoms with Gasteiger partial charge in [-0.15, -0.1) is 0 Å². The topological polar surface area (TPSA) is 57.5 Å². The molecule has 146 valence electrons. The molecular formula is C20H41BrO3. The van der Waals surface area contributed by atoms with Gasteiger partial charge in [-0.25, -0.2) is 0 Å². The zero-order chi connectivity index (χ0) is 18.3. The van der Waals surface area contributed by atoms with Crippen LogP contribution in [0.1, 0.15) is 110 Å². The summed E-state index contributed by atoms with van der Waals surface area (Å²) in [6, 6.07) is 0. The van der Waals surface area contributed by atoms with Gasteiger partial charge in [-0.3, -0.25) is 4.79 Å². The van der Waals surface area contributed by atoms with Gasteiger partial charge in [-0.2, -0.15) is 0 Å². The van der Waals surface area contributed by atoms with Gasteiger partial charge in [0.2, 0.25) is 0 Å². The Morgan fingerprint density at radius 2 is 0.917 bits per heavy atom. The van der Waals surface area contributed by atoms with Crippen molar-refractivity contribution in [2.75, 3.05) is 11.9 Å². The summed E-state index contributed by atoms with van der Waals surface area (Å²) in [5, 5.41) is 16.4. The SMILES string of the molecule is CCCCCCCCCCCCCCCCCCO.O=C(O)CBr. The van der Waals surface area contributed by atoms with Gasteiger partial charge >= 0.3 is 5.97 Å². The molecule has 0 aromatic rings. The summed E-state index contributed by atoms with van der Waals surface area (Å²) in [4.78, 5) is 9.32. The number of aliphatic carboxylic acids is 1. The van der Waals surface area contributed by atoms with Crippen LogP contribution in [0.25, 0.3) is 0 Å². The van der Waals surface area contributed by atoms with Crippen molar-refractivity contribution in [3.63, 3.8) is 0 Å². The van der Waals surface area contributed by atoms with E-state index in [2.05, 4.69) is 22.9 Å². The molecule has 3 nitrogen and oxygen atoms in total. The van der Waals surface area contributed by atoms with Crippen LogP contribution < -0.4 is 0 Å². The third kappa shape index (κ3) is 29.9. The van der Waals surface area contributed by atoms with Gasteiger partial charge in [-0.05, 0) is 6.42 Å². The number of alkyl halides is 1. The zero-order valence-electron chi connectivity index (χ0n) is 15.9. The van der Waals surface area contributed by atoms with Crippen LogP contribution in [0.4, 0.5) is 0 Å². The first-order valence-corrected chi connectivity index (χ1v) is 11.2. The van der Waals surface area contributed by atoms with E-state index in [9.17, 15) is 4.79 Å². The molecule has 0 aliphatic rings. The second kappa shape index (κ2) is 25.2. The van der Waals surface area contributed by atoms with Crippen molar-refractivity contribution >= 4 is 21.9 Å². The molecule has 0 amide bonds. The molecule has 0 spiro atoms. The summed E-state index contributed by atoms with van der Waals surface area (Å²) in [6.45, 7) is 2.66. The molecule has 0 saturated carbocycles. The van der Waals surface area contributed by atoms with Crippen LogP contribution in [0.5, 0.6) is 0 Å². The normalized spacial score (nSPS) is 10.3. The molecular weight excluding hydrogens is 368 g/mol. The predicted molar refractivity (Wildman–Crippen MR) is 108 cm³/mol. The van der Waals surface area contributed by atoms with Crippen molar-refractivity contribution < 1.29 is 15.0 Å². The third-order valence-electron chi connectivity index (χ3n) is 4.13. The lowest BCUT2D eigenvalue weighted by Gasteiger charge is -2.03. The van der Waals surface area contributed by atoms with E-state index in [4.69, 9.17) is 10.2 Å². The van der Waals surface area contributed by atoms with E-state index in [1.807, 2.05) is 0 Å². The number of rotatable bonds is 17. The minimum Gasteiger partial charge on any atom is -0.481 e. The van der Waals surface area contributed by atoms with Gasteiger partial charge in [0, 0.05) is 6.61 Å². The number of carboxylic acids is 1. The van der Waals surface area contributed by atoms with Gasteiger partial charge in [0.15, 0.2) is 0 Å². The van der Waals surface area contributed by atoms with Crippen LogP contribution in [0.3, 0.4) is 0 Å². The Balaban J connectivity index is 0. The number of hydrogen-bond acceptors (Lipinski definition) is 2. The van der Waals surface area contributed by atoms with Gasteiger partial charge in [0.1, 0.15) is 5.33 Å². The zero-order valence-corrected chi connectivity index (χ0v) is 17.5.